The van der Waals surface area contributed by atoms with E-state index in [1.54, 1.807) is 0 Å². The highest BCUT2D eigenvalue weighted by molar-refractivity contribution is 7.99. The molecule has 8 nitrogen and oxygen atoms in total. The van der Waals surface area contributed by atoms with Crippen LogP contribution in [0.25, 0.3) is 16.8 Å². The van der Waals surface area contributed by atoms with Crippen molar-refractivity contribution in [1.29, 1.82) is 0 Å². The van der Waals surface area contributed by atoms with Crippen LogP contribution in [0.3, 0.4) is 0 Å². The van der Waals surface area contributed by atoms with Crippen molar-refractivity contribution in [2.75, 3.05) is 5.75 Å². The first-order chi connectivity index (χ1) is 16.5. The van der Waals surface area contributed by atoms with Crippen LogP contribution in [0.5, 0.6) is 0 Å². The summed E-state index contributed by atoms with van der Waals surface area (Å²) < 4.78 is 3.94. The second-order valence-corrected chi connectivity index (χ2v) is 10.8. The molecule has 1 saturated carbocycles. The van der Waals surface area contributed by atoms with Crippen molar-refractivity contribution in [3.63, 3.8) is 0 Å². The Morgan fingerprint density at radius 3 is 2.41 bits per heavy atom. The van der Waals surface area contributed by atoms with Gasteiger partial charge in [0.1, 0.15) is 6.54 Å². The average Bonchev–Trinajstić information content (AvgIpc) is 3.38. The summed E-state index contributed by atoms with van der Waals surface area (Å²) in [5, 5.41) is 12.7. The van der Waals surface area contributed by atoms with Crippen LogP contribution in [0.15, 0.2) is 29.4 Å². The fraction of sp³-hybridized carbons (Fsp3) is 0.600. The van der Waals surface area contributed by atoms with Gasteiger partial charge in [-0.1, -0.05) is 43.2 Å². The number of hydrogen-bond acceptors (Lipinski definition) is 5. The van der Waals surface area contributed by atoms with Gasteiger partial charge in [-0.25, -0.2) is 0 Å². The number of nitrogens with one attached hydrogen (secondary N) is 1. The number of benzene rings is 1. The van der Waals surface area contributed by atoms with Crippen molar-refractivity contribution >= 4 is 40.4 Å². The van der Waals surface area contributed by atoms with Gasteiger partial charge in [0, 0.05) is 18.1 Å². The lowest BCUT2D eigenvalue weighted by atomic mass is 9.95. The monoisotopic (exact) mass is 482 g/mol. The van der Waals surface area contributed by atoms with Crippen LogP contribution in [-0.2, 0) is 16.1 Å². The summed E-state index contributed by atoms with van der Waals surface area (Å²) in [5.74, 6) is 1.10. The van der Waals surface area contributed by atoms with Gasteiger partial charge in [-0.3, -0.25) is 18.6 Å². The largest absolute Gasteiger partial charge is 0.353 e. The zero-order chi connectivity index (χ0) is 23.7. The zero-order valence-corrected chi connectivity index (χ0v) is 20.9. The number of nitrogens with zero attached hydrogens (tertiary/aromatic N) is 5. The van der Waals surface area contributed by atoms with Crippen molar-refractivity contribution in [3.05, 3.63) is 24.3 Å². The van der Waals surface area contributed by atoms with Crippen LogP contribution in [0.2, 0.25) is 0 Å². The Labute approximate surface area is 204 Å². The number of para-hydroxylation sites is 2. The molecule has 2 aliphatic rings. The first kappa shape index (κ1) is 23.2. The number of piperidine rings is 1. The summed E-state index contributed by atoms with van der Waals surface area (Å²) in [6.07, 6.45) is 9.05. The van der Waals surface area contributed by atoms with Crippen molar-refractivity contribution < 1.29 is 9.59 Å². The molecule has 2 atom stereocenters. The fourth-order valence-electron chi connectivity index (χ4n) is 5.66. The minimum atomic E-state index is 0.0423. The molecule has 1 saturated heterocycles. The SMILES string of the molecule is CC1CCCC(C)N1C(=O)Cn1c2ccccc2n2c(SCC(=O)NC3CCCCC3)nnc12. The lowest BCUT2D eigenvalue weighted by Crippen LogP contribution is -2.48. The third kappa shape index (κ3) is 4.54. The Morgan fingerprint density at radius 2 is 1.68 bits per heavy atom. The molecule has 34 heavy (non-hydrogen) atoms. The molecule has 182 valence electrons. The molecule has 0 radical (unpaired) electrons. The Kier molecular flexibility index (Phi) is 6.81. The highest BCUT2D eigenvalue weighted by Gasteiger charge is 2.30. The van der Waals surface area contributed by atoms with Gasteiger partial charge in [0.2, 0.25) is 17.6 Å². The van der Waals surface area contributed by atoms with Gasteiger partial charge in [0.05, 0.1) is 16.8 Å². The number of carbonyl (C=O) groups is 2. The Balaban J connectivity index is 1.37. The summed E-state index contributed by atoms with van der Waals surface area (Å²) in [6.45, 7) is 4.51. The molecule has 1 N–H and O–H groups in total. The molecule has 0 bridgehead atoms. The van der Waals surface area contributed by atoms with Gasteiger partial charge in [0.25, 0.3) is 0 Å². The van der Waals surface area contributed by atoms with Gasteiger partial charge in [0.15, 0.2) is 5.16 Å². The number of rotatable bonds is 6. The van der Waals surface area contributed by atoms with Gasteiger partial charge in [-0.2, -0.15) is 0 Å². The van der Waals surface area contributed by atoms with Gasteiger partial charge < -0.3 is 10.2 Å². The molecule has 1 aliphatic carbocycles. The second kappa shape index (κ2) is 9.98. The van der Waals surface area contributed by atoms with Crippen molar-refractivity contribution in [3.8, 4) is 0 Å². The number of thioether (sulfide) groups is 1. The highest BCUT2D eigenvalue weighted by atomic mass is 32.2. The van der Waals surface area contributed by atoms with E-state index in [2.05, 4.69) is 29.4 Å². The molecule has 5 rings (SSSR count). The molecule has 9 heteroatoms. The average molecular weight is 483 g/mol. The minimum Gasteiger partial charge on any atom is -0.353 e. The quantitative estimate of drug-likeness (QED) is 0.537. The van der Waals surface area contributed by atoms with E-state index >= 15 is 0 Å². The second-order valence-electron chi connectivity index (χ2n) is 9.81. The van der Waals surface area contributed by atoms with Crippen molar-refractivity contribution in [1.82, 2.24) is 29.4 Å². The number of likely N-dealkylation sites (tertiary alicyclic amines) is 1. The molecular formula is C25H34N6O2S. The molecule has 3 heterocycles. The van der Waals surface area contributed by atoms with E-state index in [0.717, 1.165) is 36.7 Å². The van der Waals surface area contributed by atoms with Gasteiger partial charge >= 0.3 is 0 Å². The molecular weight excluding hydrogens is 448 g/mol. The molecule has 3 aromatic rings. The topological polar surface area (TPSA) is 84.5 Å². The summed E-state index contributed by atoms with van der Waals surface area (Å²) in [6, 6.07) is 8.80. The summed E-state index contributed by atoms with van der Waals surface area (Å²) in [7, 11) is 0. The minimum absolute atomic E-state index is 0.0423. The molecule has 1 aliphatic heterocycles. The third-order valence-corrected chi connectivity index (χ3v) is 8.28. The number of amides is 2. The molecule has 0 spiro atoms. The first-order valence-corrected chi connectivity index (χ1v) is 13.6. The summed E-state index contributed by atoms with van der Waals surface area (Å²) >= 11 is 1.40. The van der Waals surface area contributed by atoms with Crippen LogP contribution in [0.1, 0.15) is 65.2 Å². The smallest absolute Gasteiger partial charge is 0.243 e. The lowest BCUT2D eigenvalue weighted by Gasteiger charge is -2.39. The van der Waals surface area contributed by atoms with Crippen LogP contribution in [-0.4, -0.2) is 59.8 Å². The number of hydrogen-bond donors (Lipinski definition) is 1. The van der Waals surface area contributed by atoms with Crippen LogP contribution in [0.4, 0.5) is 0 Å². The molecule has 1 aromatic carbocycles. The van der Waals surface area contributed by atoms with Crippen LogP contribution < -0.4 is 5.32 Å². The highest BCUT2D eigenvalue weighted by Crippen LogP contribution is 2.28. The van der Waals surface area contributed by atoms with E-state index in [0.29, 0.717) is 22.7 Å². The van der Waals surface area contributed by atoms with Crippen molar-refractivity contribution in [2.24, 2.45) is 0 Å². The first-order valence-electron chi connectivity index (χ1n) is 12.6. The van der Waals surface area contributed by atoms with Gasteiger partial charge in [-0.05, 0) is 58.1 Å². The lowest BCUT2D eigenvalue weighted by molar-refractivity contribution is -0.137. The summed E-state index contributed by atoms with van der Waals surface area (Å²) in [5.41, 5.74) is 1.90. The molecule has 2 aromatic heterocycles. The number of aromatic nitrogens is 4. The van der Waals surface area contributed by atoms with E-state index in [1.807, 2.05) is 38.1 Å². The Morgan fingerprint density at radius 1 is 0.971 bits per heavy atom. The van der Waals surface area contributed by atoms with Crippen LogP contribution >= 0.6 is 11.8 Å². The predicted octanol–water partition coefficient (Wildman–Crippen LogP) is 4.01. The van der Waals surface area contributed by atoms with Crippen molar-refractivity contribution in [2.45, 2.75) is 95.0 Å². The van der Waals surface area contributed by atoms with Crippen LogP contribution in [0, 0.1) is 0 Å². The van der Waals surface area contributed by atoms with E-state index in [9.17, 15) is 9.59 Å². The third-order valence-electron chi connectivity index (χ3n) is 7.35. The Bertz CT molecular complexity index is 1170. The van der Waals surface area contributed by atoms with E-state index in [1.165, 1.54) is 37.4 Å². The molecule has 2 amide bonds. The summed E-state index contributed by atoms with van der Waals surface area (Å²) in [4.78, 5) is 28.0. The predicted molar refractivity (Wildman–Crippen MR) is 134 cm³/mol. The maximum Gasteiger partial charge on any atom is 0.243 e. The standard InChI is InChI=1S/C25H34N6O2S/c1-17-9-8-10-18(2)30(17)23(33)15-29-20-13-6-7-14-21(20)31-24(29)27-28-25(31)34-16-22(32)26-19-11-4-3-5-12-19/h6-7,13-14,17-19H,3-5,8-12,15-16H2,1-2H3,(H,26,32). The maximum atomic E-state index is 13.4. The Hall–Kier alpha value is -2.55. The van der Waals surface area contributed by atoms with E-state index < -0.39 is 0 Å². The van der Waals surface area contributed by atoms with E-state index in [-0.39, 0.29) is 30.4 Å². The zero-order valence-electron chi connectivity index (χ0n) is 20.1. The number of carbonyl (C=O) groups excluding carboxylic acids is 2. The van der Waals surface area contributed by atoms with E-state index in [4.69, 9.17) is 0 Å². The molecule has 2 unspecified atom stereocenters. The maximum absolute atomic E-state index is 13.4. The fourth-order valence-corrected chi connectivity index (χ4v) is 6.41. The normalized spacial score (nSPS) is 21.9. The number of fused-ring (bicyclic) bond motifs is 3. The number of imidazole rings is 1. The van der Waals surface area contributed by atoms with Gasteiger partial charge in [-0.15, -0.1) is 10.2 Å². The molecule has 2 fully saturated rings.